The second kappa shape index (κ2) is 11.6. The first kappa shape index (κ1) is 26.4. The van der Waals surface area contributed by atoms with Crippen LogP contribution in [0.4, 0.5) is 4.79 Å². The van der Waals surface area contributed by atoms with Crippen molar-refractivity contribution >= 4 is 16.1 Å². The molecule has 4 N–H and O–H groups in total. The molecule has 4 rings (SSSR count). The number of nitrogens with two attached hydrogens (primary N) is 1. The van der Waals surface area contributed by atoms with Crippen molar-refractivity contribution in [3.8, 4) is 5.75 Å². The lowest BCUT2D eigenvalue weighted by Crippen LogP contribution is -2.47. The summed E-state index contributed by atoms with van der Waals surface area (Å²) in [5.74, 6) is 0.317. The van der Waals surface area contributed by atoms with Crippen LogP contribution in [0, 0.1) is 0 Å². The summed E-state index contributed by atoms with van der Waals surface area (Å²) < 4.78 is 40.0. The molecule has 0 bridgehead atoms. The van der Waals surface area contributed by atoms with E-state index >= 15 is 0 Å². The van der Waals surface area contributed by atoms with Gasteiger partial charge in [0.1, 0.15) is 25.1 Å². The second-order valence-corrected chi connectivity index (χ2v) is 10.9. The van der Waals surface area contributed by atoms with Crippen molar-refractivity contribution in [3.63, 3.8) is 0 Å². The lowest BCUT2D eigenvalue weighted by atomic mass is 9.87. The van der Waals surface area contributed by atoms with Crippen LogP contribution >= 0.6 is 0 Å². The maximum Gasteiger partial charge on any atom is 0.410 e. The fourth-order valence-electron chi connectivity index (χ4n) is 4.53. The number of aliphatic hydroxyl groups is 1. The van der Waals surface area contributed by atoms with Gasteiger partial charge < -0.3 is 29.5 Å². The number of likely N-dealkylation sites (tertiary alicyclic amines) is 1. The standard InChI is InChI=1S/C25H33N3O7S/c26-36(31,32)23-8-4-7-22(13-23)33-18-21(29)15-27-20-14-25(35-17-20)9-11-28(12-10-25)24(30)34-16-19-5-2-1-3-6-19/h1-8,13,20-21,27,29H,9-12,14-18H2,(H2,26,31,32)/t20-,21+/m1/s1. The summed E-state index contributed by atoms with van der Waals surface area (Å²) in [6.07, 6.45) is 1.17. The number of carbonyl (C=O) groups is 1. The Balaban J connectivity index is 1.15. The maximum absolute atomic E-state index is 12.4. The summed E-state index contributed by atoms with van der Waals surface area (Å²) >= 11 is 0. The topological polar surface area (TPSA) is 140 Å². The van der Waals surface area contributed by atoms with Gasteiger partial charge in [0.15, 0.2) is 0 Å². The van der Waals surface area contributed by atoms with Crippen LogP contribution in [-0.4, -0.2) is 75.1 Å². The number of hydrogen-bond acceptors (Lipinski definition) is 8. The molecular formula is C25H33N3O7S. The van der Waals surface area contributed by atoms with Gasteiger partial charge in [-0.2, -0.15) is 0 Å². The zero-order chi connectivity index (χ0) is 25.6. The zero-order valence-corrected chi connectivity index (χ0v) is 20.9. The van der Waals surface area contributed by atoms with Gasteiger partial charge in [0.05, 0.1) is 17.1 Å². The first-order valence-corrected chi connectivity index (χ1v) is 13.5. The predicted octanol–water partition coefficient (Wildman–Crippen LogP) is 1.62. The Labute approximate surface area is 211 Å². The SMILES string of the molecule is NS(=O)(=O)c1cccc(OC[C@@H](O)CN[C@H]2COC3(CCN(C(=O)OCc4ccccc4)CC3)C2)c1. The quantitative estimate of drug-likeness (QED) is 0.454. The minimum absolute atomic E-state index is 0.000153. The van der Waals surface area contributed by atoms with Gasteiger partial charge in [-0.1, -0.05) is 36.4 Å². The normalized spacial score (nSPS) is 20.3. The summed E-state index contributed by atoms with van der Waals surface area (Å²) in [5, 5.41) is 18.8. The molecule has 1 amide bonds. The molecule has 2 aliphatic rings. The Kier molecular flexibility index (Phi) is 8.47. The molecule has 196 valence electrons. The van der Waals surface area contributed by atoms with Crippen LogP contribution in [0.25, 0.3) is 0 Å². The highest BCUT2D eigenvalue weighted by Gasteiger charge is 2.43. The lowest BCUT2D eigenvalue weighted by molar-refractivity contribution is -0.0422. The van der Waals surface area contributed by atoms with Crippen LogP contribution in [0.3, 0.4) is 0 Å². The number of nitrogens with one attached hydrogen (secondary N) is 1. The maximum atomic E-state index is 12.4. The second-order valence-electron chi connectivity index (χ2n) is 9.32. The minimum atomic E-state index is -3.82. The van der Waals surface area contributed by atoms with Crippen molar-refractivity contribution in [2.45, 2.75) is 48.5 Å². The molecule has 0 radical (unpaired) electrons. The predicted molar refractivity (Wildman–Crippen MR) is 132 cm³/mol. The highest BCUT2D eigenvalue weighted by molar-refractivity contribution is 7.89. The number of hydrogen-bond donors (Lipinski definition) is 3. The number of rotatable bonds is 9. The van der Waals surface area contributed by atoms with Crippen molar-refractivity contribution < 1.29 is 32.5 Å². The Morgan fingerprint density at radius 1 is 1.19 bits per heavy atom. The van der Waals surface area contributed by atoms with E-state index in [0.717, 1.165) is 24.8 Å². The Hall–Kier alpha value is -2.70. The van der Waals surface area contributed by atoms with Gasteiger partial charge in [-0.25, -0.2) is 18.4 Å². The monoisotopic (exact) mass is 519 g/mol. The van der Waals surface area contributed by atoms with Gasteiger partial charge in [-0.05, 0) is 37.0 Å². The smallest absolute Gasteiger partial charge is 0.410 e. The number of sulfonamides is 1. The lowest BCUT2D eigenvalue weighted by Gasteiger charge is -2.38. The molecule has 2 aromatic carbocycles. The van der Waals surface area contributed by atoms with Gasteiger partial charge in [-0.3, -0.25) is 0 Å². The first-order valence-electron chi connectivity index (χ1n) is 12.0. The number of piperidine rings is 1. The van der Waals surface area contributed by atoms with Crippen molar-refractivity contribution in [2.75, 3.05) is 32.8 Å². The largest absolute Gasteiger partial charge is 0.491 e. The third kappa shape index (κ3) is 7.17. The third-order valence-corrected chi connectivity index (χ3v) is 7.48. The molecule has 0 aliphatic carbocycles. The number of benzene rings is 2. The summed E-state index contributed by atoms with van der Waals surface area (Å²) in [6, 6.07) is 15.5. The minimum Gasteiger partial charge on any atom is -0.491 e. The van der Waals surface area contributed by atoms with Crippen LogP contribution in [0.2, 0.25) is 0 Å². The molecule has 0 unspecified atom stereocenters. The Morgan fingerprint density at radius 3 is 2.67 bits per heavy atom. The molecule has 0 aromatic heterocycles. The molecule has 2 atom stereocenters. The first-order chi connectivity index (χ1) is 17.2. The van der Waals surface area contributed by atoms with E-state index < -0.39 is 16.1 Å². The van der Waals surface area contributed by atoms with E-state index in [1.54, 1.807) is 11.0 Å². The summed E-state index contributed by atoms with van der Waals surface area (Å²) in [5.41, 5.74) is 0.681. The molecule has 11 heteroatoms. The number of nitrogens with zero attached hydrogens (tertiary/aromatic N) is 1. The molecule has 2 saturated heterocycles. The highest BCUT2D eigenvalue weighted by Crippen LogP contribution is 2.36. The van der Waals surface area contributed by atoms with E-state index in [-0.39, 0.29) is 35.8 Å². The van der Waals surface area contributed by atoms with Gasteiger partial charge in [0.25, 0.3) is 0 Å². The number of primary sulfonamides is 1. The van der Waals surface area contributed by atoms with E-state index in [1.807, 2.05) is 30.3 Å². The molecule has 2 aromatic rings. The van der Waals surface area contributed by atoms with Crippen LogP contribution < -0.4 is 15.2 Å². The van der Waals surface area contributed by atoms with Crippen LogP contribution in [0.1, 0.15) is 24.8 Å². The summed E-state index contributed by atoms with van der Waals surface area (Å²) in [6.45, 7) is 2.25. The Morgan fingerprint density at radius 2 is 1.94 bits per heavy atom. The molecule has 2 aliphatic heterocycles. The zero-order valence-electron chi connectivity index (χ0n) is 20.0. The van der Waals surface area contributed by atoms with Crippen molar-refractivity contribution in [3.05, 3.63) is 60.2 Å². The van der Waals surface area contributed by atoms with E-state index in [0.29, 0.717) is 32.0 Å². The average Bonchev–Trinajstić information content (AvgIpc) is 3.27. The molecule has 36 heavy (non-hydrogen) atoms. The van der Waals surface area contributed by atoms with E-state index in [2.05, 4.69) is 5.32 Å². The fraction of sp³-hybridized carbons (Fsp3) is 0.480. The third-order valence-electron chi connectivity index (χ3n) is 6.57. The number of amides is 1. The van der Waals surface area contributed by atoms with Gasteiger partial charge >= 0.3 is 6.09 Å². The molecule has 0 saturated carbocycles. The van der Waals surface area contributed by atoms with Crippen LogP contribution in [0.5, 0.6) is 5.75 Å². The summed E-state index contributed by atoms with van der Waals surface area (Å²) in [7, 11) is -3.82. The number of ether oxygens (including phenoxy) is 3. The molecule has 1 spiro atoms. The number of aliphatic hydroxyl groups excluding tert-OH is 1. The van der Waals surface area contributed by atoms with Crippen molar-refractivity contribution in [2.24, 2.45) is 5.14 Å². The Bertz CT molecular complexity index is 1120. The molecule has 2 heterocycles. The average molecular weight is 520 g/mol. The van der Waals surface area contributed by atoms with Gasteiger partial charge in [-0.15, -0.1) is 0 Å². The van der Waals surface area contributed by atoms with E-state index in [1.165, 1.54) is 18.2 Å². The van der Waals surface area contributed by atoms with Crippen molar-refractivity contribution in [1.82, 2.24) is 10.2 Å². The molecule has 10 nitrogen and oxygen atoms in total. The van der Waals surface area contributed by atoms with Crippen LogP contribution in [0.15, 0.2) is 59.5 Å². The summed E-state index contributed by atoms with van der Waals surface area (Å²) in [4.78, 5) is 14.1. The van der Waals surface area contributed by atoms with Crippen molar-refractivity contribution in [1.29, 1.82) is 0 Å². The fourth-order valence-corrected chi connectivity index (χ4v) is 5.07. The van der Waals surface area contributed by atoms with E-state index in [9.17, 15) is 18.3 Å². The molecular weight excluding hydrogens is 486 g/mol. The van der Waals surface area contributed by atoms with Crippen LogP contribution in [-0.2, 0) is 26.1 Å². The highest BCUT2D eigenvalue weighted by atomic mass is 32.2. The molecule has 2 fully saturated rings. The number of carbonyl (C=O) groups excluding carboxylic acids is 1. The van der Waals surface area contributed by atoms with Gasteiger partial charge in [0, 0.05) is 31.7 Å². The van der Waals surface area contributed by atoms with Gasteiger partial charge in [0.2, 0.25) is 10.0 Å². The van der Waals surface area contributed by atoms with E-state index in [4.69, 9.17) is 19.3 Å².